The fourth-order valence-corrected chi connectivity index (χ4v) is 3.92. The van der Waals surface area contributed by atoms with Crippen molar-refractivity contribution in [3.05, 3.63) is 71.8 Å². The van der Waals surface area contributed by atoms with Gasteiger partial charge in [-0.2, -0.15) is 17.9 Å². The van der Waals surface area contributed by atoms with Crippen molar-refractivity contribution in [2.45, 2.75) is 19.3 Å². The largest absolute Gasteiger partial charge is 0.336 e. The topological polar surface area (TPSA) is 56.1 Å². The molecule has 4 rings (SSSR count). The molecule has 31 heavy (non-hydrogen) atoms. The van der Waals surface area contributed by atoms with Crippen LogP contribution in [0.2, 0.25) is 0 Å². The van der Waals surface area contributed by atoms with Crippen molar-refractivity contribution in [2.75, 3.05) is 32.4 Å². The maximum Gasteiger partial charge on any atom is 0.254 e. The summed E-state index contributed by atoms with van der Waals surface area (Å²) in [6, 6.07) is 22.6. The lowest BCUT2D eigenvalue weighted by molar-refractivity contribution is 0.0736. The number of piperazine rings is 1. The summed E-state index contributed by atoms with van der Waals surface area (Å²) in [7, 11) is 0. The van der Waals surface area contributed by atoms with E-state index in [1.54, 1.807) is 6.26 Å². The van der Waals surface area contributed by atoms with Crippen molar-refractivity contribution in [2.24, 2.45) is 0 Å². The lowest BCUT2D eigenvalue weighted by atomic mass is 9.84. The van der Waals surface area contributed by atoms with Crippen molar-refractivity contribution in [3.8, 4) is 17.2 Å². The maximum absolute atomic E-state index is 13.4. The van der Waals surface area contributed by atoms with Crippen molar-refractivity contribution in [1.82, 2.24) is 10.2 Å². The summed E-state index contributed by atoms with van der Waals surface area (Å²) in [5.41, 5.74) is 3.12. The van der Waals surface area contributed by atoms with Crippen LogP contribution in [-0.2, 0) is 5.41 Å². The fraction of sp³-hybridized carbons (Fsp3) is 0.308. The Labute approximate surface area is 190 Å². The van der Waals surface area contributed by atoms with Gasteiger partial charge in [0, 0.05) is 37.3 Å². The highest BCUT2D eigenvalue weighted by atomic mass is 32.1. The van der Waals surface area contributed by atoms with Gasteiger partial charge in [0.2, 0.25) is 0 Å². The predicted molar refractivity (Wildman–Crippen MR) is 132 cm³/mol. The number of carbonyl (C=O) groups is 1. The molecule has 0 spiro atoms. The zero-order chi connectivity index (χ0) is 22.4. The molecule has 1 heterocycles. The van der Waals surface area contributed by atoms with E-state index in [-0.39, 0.29) is 5.91 Å². The molecule has 160 valence electrons. The van der Waals surface area contributed by atoms with E-state index in [4.69, 9.17) is 0 Å². The minimum Gasteiger partial charge on any atom is -0.336 e. The Morgan fingerprint density at radius 1 is 1.00 bits per heavy atom. The van der Waals surface area contributed by atoms with Crippen LogP contribution in [0.15, 0.2) is 60.7 Å². The molecule has 0 aliphatic carbocycles. The molecule has 0 aromatic heterocycles. The Kier molecular flexibility index (Phi) is 7.37. The summed E-state index contributed by atoms with van der Waals surface area (Å²) in [5.74, 6) is 0.0775. The third kappa shape index (κ3) is 4.76. The van der Waals surface area contributed by atoms with Gasteiger partial charge in [-0.05, 0) is 48.1 Å². The number of benzene rings is 3. The maximum atomic E-state index is 13.4. The number of rotatable bonds is 3. The van der Waals surface area contributed by atoms with Crippen LogP contribution < -0.4 is 5.32 Å². The van der Waals surface area contributed by atoms with Gasteiger partial charge in [-0.1, -0.05) is 54.6 Å². The van der Waals surface area contributed by atoms with Crippen molar-refractivity contribution < 1.29 is 4.79 Å². The molecule has 3 aromatic rings. The SMILES string of the molecule is CC(C)(C#N)c1ccc(-c2c(C(=O)N3CCNCC3)ccc3ccccc23)cc1.CS. The monoisotopic (exact) mass is 431 g/mol. The van der Waals surface area contributed by atoms with E-state index in [9.17, 15) is 10.1 Å². The Hall–Kier alpha value is -2.81. The smallest absolute Gasteiger partial charge is 0.254 e. The zero-order valence-corrected chi connectivity index (χ0v) is 19.2. The Bertz CT molecular complexity index is 1090. The van der Waals surface area contributed by atoms with Crippen LogP contribution in [-0.4, -0.2) is 43.2 Å². The van der Waals surface area contributed by atoms with Crippen LogP contribution in [0.25, 0.3) is 21.9 Å². The van der Waals surface area contributed by atoms with E-state index in [0.29, 0.717) is 0 Å². The summed E-state index contributed by atoms with van der Waals surface area (Å²) in [4.78, 5) is 15.3. The van der Waals surface area contributed by atoms with Gasteiger partial charge in [-0.15, -0.1) is 0 Å². The van der Waals surface area contributed by atoms with Crippen LogP contribution in [0, 0.1) is 11.3 Å². The molecule has 0 bridgehead atoms. The third-order valence-corrected chi connectivity index (χ3v) is 5.74. The first-order valence-electron chi connectivity index (χ1n) is 10.5. The van der Waals surface area contributed by atoms with Gasteiger partial charge in [-0.25, -0.2) is 0 Å². The lowest BCUT2D eigenvalue weighted by Crippen LogP contribution is -2.46. The van der Waals surface area contributed by atoms with Crippen LogP contribution in [0.5, 0.6) is 0 Å². The molecule has 4 nitrogen and oxygen atoms in total. The number of thiol groups is 1. The molecule has 5 heteroatoms. The minimum absolute atomic E-state index is 0.0775. The molecule has 3 aromatic carbocycles. The van der Waals surface area contributed by atoms with Crippen molar-refractivity contribution in [3.63, 3.8) is 0 Å². The second kappa shape index (κ2) is 10.00. The molecule has 1 amide bonds. The molecule has 0 radical (unpaired) electrons. The van der Waals surface area contributed by atoms with Gasteiger partial charge >= 0.3 is 0 Å². The summed E-state index contributed by atoms with van der Waals surface area (Å²) >= 11 is 3.53. The zero-order valence-electron chi connectivity index (χ0n) is 18.4. The lowest BCUT2D eigenvalue weighted by Gasteiger charge is -2.28. The fourth-order valence-electron chi connectivity index (χ4n) is 3.92. The second-order valence-corrected chi connectivity index (χ2v) is 8.07. The van der Waals surface area contributed by atoms with E-state index < -0.39 is 5.41 Å². The first-order valence-corrected chi connectivity index (χ1v) is 11.4. The number of hydrogen-bond donors (Lipinski definition) is 2. The molecule has 0 unspecified atom stereocenters. The average molecular weight is 432 g/mol. The van der Waals surface area contributed by atoms with Crippen LogP contribution in [0.3, 0.4) is 0 Å². The Morgan fingerprint density at radius 2 is 1.65 bits per heavy atom. The number of nitriles is 1. The number of nitrogens with zero attached hydrogens (tertiary/aromatic N) is 2. The molecule has 0 saturated carbocycles. The molecule has 1 saturated heterocycles. The minimum atomic E-state index is -0.545. The summed E-state index contributed by atoms with van der Waals surface area (Å²) in [5, 5.41) is 14.9. The van der Waals surface area contributed by atoms with E-state index in [1.165, 1.54) is 0 Å². The average Bonchev–Trinajstić information content (AvgIpc) is 2.84. The molecule has 1 aliphatic rings. The van der Waals surface area contributed by atoms with E-state index >= 15 is 0 Å². The van der Waals surface area contributed by atoms with Gasteiger partial charge in [0.1, 0.15) is 0 Å². The third-order valence-electron chi connectivity index (χ3n) is 5.74. The van der Waals surface area contributed by atoms with Crippen molar-refractivity contribution in [1.29, 1.82) is 5.26 Å². The molecule has 1 fully saturated rings. The Morgan fingerprint density at radius 3 is 2.29 bits per heavy atom. The van der Waals surface area contributed by atoms with Gasteiger partial charge < -0.3 is 10.2 Å². The number of hydrogen-bond acceptors (Lipinski definition) is 4. The quantitative estimate of drug-likeness (QED) is 0.580. The molecular weight excluding hydrogens is 402 g/mol. The second-order valence-electron chi connectivity index (χ2n) is 8.07. The van der Waals surface area contributed by atoms with Gasteiger partial charge in [-0.3, -0.25) is 4.79 Å². The van der Waals surface area contributed by atoms with E-state index in [1.807, 2.05) is 67.3 Å². The first-order chi connectivity index (χ1) is 15.0. The summed E-state index contributed by atoms with van der Waals surface area (Å²) in [6.07, 6.45) is 1.69. The Balaban J connectivity index is 0.00000132. The number of fused-ring (bicyclic) bond motifs is 1. The van der Waals surface area contributed by atoms with Crippen LogP contribution in [0.4, 0.5) is 0 Å². The summed E-state index contributed by atoms with van der Waals surface area (Å²) in [6.45, 7) is 6.93. The first kappa shape index (κ1) is 22.9. The summed E-state index contributed by atoms with van der Waals surface area (Å²) < 4.78 is 0. The van der Waals surface area contributed by atoms with Crippen LogP contribution >= 0.6 is 12.6 Å². The van der Waals surface area contributed by atoms with Crippen molar-refractivity contribution >= 4 is 29.3 Å². The van der Waals surface area contributed by atoms with Gasteiger partial charge in [0.05, 0.1) is 11.5 Å². The standard InChI is InChI=1S/C25H25N3O.CH4S/c1-25(2,17-26)20-10-7-19(8-11-20)23-21-6-4-3-5-18(21)9-12-22(23)24(29)28-15-13-27-14-16-28;1-2/h3-12,27H,13-16H2,1-2H3;2H,1H3. The molecule has 1 N–H and O–H groups in total. The van der Waals surface area contributed by atoms with Gasteiger partial charge in [0.25, 0.3) is 5.91 Å². The molecular formula is C26H29N3OS. The van der Waals surface area contributed by atoms with Crippen LogP contribution in [0.1, 0.15) is 29.8 Å². The number of carbonyl (C=O) groups excluding carboxylic acids is 1. The highest BCUT2D eigenvalue weighted by Gasteiger charge is 2.24. The van der Waals surface area contributed by atoms with Gasteiger partial charge in [0.15, 0.2) is 0 Å². The normalized spacial score (nSPS) is 13.8. The number of amides is 1. The highest BCUT2D eigenvalue weighted by molar-refractivity contribution is 7.79. The van der Waals surface area contributed by atoms with E-state index in [0.717, 1.165) is 59.2 Å². The number of nitrogens with one attached hydrogen (secondary N) is 1. The molecule has 0 atom stereocenters. The van der Waals surface area contributed by atoms with E-state index in [2.05, 4.69) is 36.1 Å². The molecule has 1 aliphatic heterocycles. The predicted octanol–water partition coefficient (Wildman–Crippen LogP) is 4.90. The highest BCUT2D eigenvalue weighted by Crippen LogP contribution is 2.34.